The highest BCUT2D eigenvalue weighted by Crippen LogP contribution is 2.25. The number of carbonyl (C=O) groups is 1. The van der Waals surface area contributed by atoms with Crippen molar-refractivity contribution >= 4 is 25.6 Å². The molecule has 0 aliphatic rings. The second-order valence-electron chi connectivity index (χ2n) is 4.88. The molecule has 0 unspecified atom stereocenters. The summed E-state index contributed by atoms with van der Waals surface area (Å²) < 4.78 is 27.8. The molecule has 0 heterocycles. The number of hydrogen-bond acceptors (Lipinski definition) is 4. The van der Waals surface area contributed by atoms with E-state index in [0.717, 1.165) is 0 Å². The minimum Gasteiger partial charge on any atom is -0.496 e. The average Bonchev–Trinajstić information content (AvgIpc) is 2.35. The Morgan fingerprint density at radius 2 is 2.00 bits per heavy atom. The summed E-state index contributed by atoms with van der Waals surface area (Å²) in [5.74, 6) is 0.308. The number of ether oxygens (including phenoxy) is 1. The topological polar surface area (TPSA) is 63.7 Å². The number of hydrogen-bond donors (Lipinski definition) is 0. The Labute approximate surface area is 123 Å². The average molecular weight is 320 g/mol. The molecule has 0 fully saturated rings. The van der Waals surface area contributed by atoms with Gasteiger partial charge in [0.1, 0.15) is 5.75 Å². The van der Waals surface area contributed by atoms with Crippen LogP contribution in [0.3, 0.4) is 0 Å². The summed E-state index contributed by atoms with van der Waals surface area (Å²) in [7, 11) is 4.49. The molecule has 0 bridgehead atoms. The first-order chi connectivity index (χ1) is 9.16. The highest BCUT2D eigenvalue weighted by molar-refractivity contribution is 8.13. The van der Waals surface area contributed by atoms with Gasteiger partial charge in [0, 0.05) is 24.3 Å². The quantitative estimate of drug-likeness (QED) is 0.781. The fraction of sp³-hybridized carbons (Fsp3) is 0.462. The Morgan fingerprint density at radius 3 is 2.45 bits per heavy atom. The standard InChI is InChI=1S/C13H18ClNO4S/c1-9(2)8-15(3)13(16)11-7-10(20(14,17)18)5-6-12(11)19-4/h5-7,9H,8H2,1-4H3. The fourth-order valence-corrected chi connectivity index (χ4v) is 2.62. The van der Waals surface area contributed by atoms with Crippen LogP contribution >= 0.6 is 10.7 Å². The molecule has 112 valence electrons. The van der Waals surface area contributed by atoms with Gasteiger partial charge in [-0.05, 0) is 24.1 Å². The van der Waals surface area contributed by atoms with Crippen molar-refractivity contribution in [1.82, 2.24) is 4.90 Å². The molecular weight excluding hydrogens is 302 g/mol. The molecule has 0 aromatic heterocycles. The Kier molecular flexibility index (Phi) is 5.42. The maximum atomic E-state index is 12.3. The monoisotopic (exact) mass is 319 g/mol. The Bertz CT molecular complexity index is 598. The van der Waals surface area contributed by atoms with E-state index in [4.69, 9.17) is 15.4 Å². The van der Waals surface area contributed by atoms with Gasteiger partial charge in [-0.1, -0.05) is 13.8 Å². The Morgan fingerprint density at radius 1 is 1.40 bits per heavy atom. The van der Waals surface area contributed by atoms with E-state index in [1.165, 1.54) is 30.2 Å². The molecule has 0 aliphatic heterocycles. The van der Waals surface area contributed by atoms with Crippen LogP contribution in [0, 0.1) is 5.92 Å². The van der Waals surface area contributed by atoms with Crippen molar-refractivity contribution in [2.75, 3.05) is 20.7 Å². The van der Waals surface area contributed by atoms with E-state index in [1.807, 2.05) is 13.8 Å². The van der Waals surface area contributed by atoms with Gasteiger partial charge >= 0.3 is 0 Å². The van der Waals surface area contributed by atoms with Gasteiger partial charge in [-0.15, -0.1) is 0 Å². The molecule has 0 saturated heterocycles. The summed E-state index contributed by atoms with van der Waals surface area (Å²) >= 11 is 0. The summed E-state index contributed by atoms with van der Waals surface area (Å²) in [5, 5.41) is 0. The lowest BCUT2D eigenvalue weighted by molar-refractivity contribution is 0.0775. The van der Waals surface area contributed by atoms with Crippen molar-refractivity contribution in [3.8, 4) is 5.75 Å². The second-order valence-corrected chi connectivity index (χ2v) is 7.45. The number of nitrogens with zero attached hydrogens (tertiary/aromatic N) is 1. The van der Waals surface area contributed by atoms with Crippen LogP contribution in [-0.4, -0.2) is 39.9 Å². The first-order valence-corrected chi connectivity index (χ1v) is 8.36. The molecule has 0 spiro atoms. The zero-order valence-corrected chi connectivity index (χ0v) is 13.5. The van der Waals surface area contributed by atoms with Crippen molar-refractivity contribution < 1.29 is 17.9 Å². The maximum absolute atomic E-state index is 12.3. The number of halogens is 1. The van der Waals surface area contributed by atoms with Gasteiger partial charge in [0.2, 0.25) is 0 Å². The molecule has 1 amide bonds. The molecule has 0 atom stereocenters. The van der Waals surface area contributed by atoms with E-state index in [9.17, 15) is 13.2 Å². The summed E-state index contributed by atoms with van der Waals surface area (Å²) in [5.41, 5.74) is 0.178. The molecule has 1 rings (SSSR count). The molecule has 1 aromatic rings. The summed E-state index contributed by atoms with van der Waals surface area (Å²) in [4.78, 5) is 13.7. The van der Waals surface area contributed by atoms with Crippen molar-refractivity contribution in [2.45, 2.75) is 18.7 Å². The van der Waals surface area contributed by atoms with Crippen LogP contribution < -0.4 is 4.74 Å². The molecule has 1 aromatic carbocycles. The third-order valence-electron chi connectivity index (χ3n) is 2.67. The van der Waals surface area contributed by atoms with Crippen LogP contribution in [0.1, 0.15) is 24.2 Å². The van der Waals surface area contributed by atoms with E-state index >= 15 is 0 Å². The number of carbonyl (C=O) groups excluding carboxylic acids is 1. The number of benzene rings is 1. The minimum absolute atomic E-state index is 0.124. The lowest BCUT2D eigenvalue weighted by Crippen LogP contribution is -2.30. The lowest BCUT2D eigenvalue weighted by Gasteiger charge is -2.20. The van der Waals surface area contributed by atoms with Gasteiger partial charge in [0.05, 0.1) is 17.6 Å². The number of methoxy groups -OCH3 is 1. The van der Waals surface area contributed by atoms with Crippen LogP contribution in [0.4, 0.5) is 0 Å². The summed E-state index contributed by atoms with van der Waals surface area (Å²) in [6, 6.07) is 3.96. The third kappa shape index (κ3) is 4.11. The first-order valence-electron chi connectivity index (χ1n) is 6.05. The largest absolute Gasteiger partial charge is 0.496 e. The van der Waals surface area contributed by atoms with E-state index in [0.29, 0.717) is 18.2 Å². The van der Waals surface area contributed by atoms with Gasteiger partial charge in [0.15, 0.2) is 0 Å². The van der Waals surface area contributed by atoms with E-state index < -0.39 is 9.05 Å². The molecule has 5 nitrogen and oxygen atoms in total. The molecular formula is C13H18ClNO4S. The highest BCUT2D eigenvalue weighted by atomic mass is 35.7. The van der Waals surface area contributed by atoms with Crippen LogP contribution in [0.25, 0.3) is 0 Å². The minimum atomic E-state index is -3.89. The number of amides is 1. The smallest absolute Gasteiger partial charge is 0.261 e. The molecule has 20 heavy (non-hydrogen) atoms. The Balaban J connectivity index is 3.24. The van der Waals surface area contributed by atoms with Gasteiger partial charge in [-0.2, -0.15) is 0 Å². The summed E-state index contributed by atoms with van der Waals surface area (Å²) in [6.45, 7) is 4.53. The zero-order chi connectivity index (χ0) is 15.5. The summed E-state index contributed by atoms with van der Waals surface area (Å²) in [6.07, 6.45) is 0. The first kappa shape index (κ1) is 16.8. The van der Waals surface area contributed by atoms with Crippen molar-refractivity contribution in [1.29, 1.82) is 0 Å². The van der Waals surface area contributed by atoms with Gasteiger partial charge in [0.25, 0.3) is 15.0 Å². The second kappa shape index (κ2) is 6.45. The van der Waals surface area contributed by atoms with E-state index in [1.54, 1.807) is 7.05 Å². The molecule has 0 aliphatic carbocycles. The zero-order valence-electron chi connectivity index (χ0n) is 11.9. The third-order valence-corrected chi connectivity index (χ3v) is 4.02. The molecule has 7 heteroatoms. The van der Waals surface area contributed by atoms with Crippen LogP contribution in [0.15, 0.2) is 23.1 Å². The molecule has 0 radical (unpaired) electrons. The number of rotatable bonds is 5. The van der Waals surface area contributed by atoms with Gasteiger partial charge in [-0.3, -0.25) is 4.79 Å². The maximum Gasteiger partial charge on any atom is 0.261 e. The normalized spacial score (nSPS) is 11.5. The van der Waals surface area contributed by atoms with E-state index in [-0.39, 0.29) is 16.4 Å². The van der Waals surface area contributed by atoms with Crippen molar-refractivity contribution in [3.63, 3.8) is 0 Å². The van der Waals surface area contributed by atoms with Gasteiger partial charge < -0.3 is 9.64 Å². The predicted octanol–water partition coefficient (Wildman–Crippen LogP) is 2.35. The fourth-order valence-electron chi connectivity index (χ4n) is 1.84. The molecule has 0 N–H and O–H groups in total. The van der Waals surface area contributed by atoms with Crippen LogP contribution in [0.5, 0.6) is 5.75 Å². The van der Waals surface area contributed by atoms with Crippen LogP contribution in [0.2, 0.25) is 0 Å². The lowest BCUT2D eigenvalue weighted by atomic mass is 10.1. The van der Waals surface area contributed by atoms with E-state index in [2.05, 4.69) is 0 Å². The Hall–Kier alpha value is -1.27. The van der Waals surface area contributed by atoms with Gasteiger partial charge in [-0.25, -0.2) is 8.42 Å². The van der Waals surface area contributed by atoms with Crippen LogP contribution in [-0.2, 0) is 9.05 Å². The SMILES string of the molecule is COc1ccc(S(=O)(=O)Cl)cc1C(=O)N(C)CC(C)C. The molecule has 0 saturated carbocycles. The highest BCUT2D eigenvalue weighted by Gasteiger charge is 2.21. The predicted molar refractivity (Wildman–Crippen MR) is 77.8 cm³/mol. The van der Waals surface area contributed by atoms with Crippen molar-refractivity contribution in [3.05, 3.63) is 23.8 Å². The van der Waals surface area contributed by atoms with Crippen molar-refractivity contribution in [2.24, 2.45) is 5.92 Å².